The van der Waals surface area contributed by atoms with E-state index < -0.39 is 0 Å². The van der Waals surface area contributed by atoms with Gasteiger partial charge < -0.3 is 4.90 Å². The van der Waals surface area contributed by atoms with E-state index in [-0.39, 0.29) is 11.7 Å². The van der Waals surface area contributed by atoms with Crippen molar-refractivity contribution in [2.75, 3.05) is 13.1 Å². The topological polar surface area (TPSA) is 33.2 Å². The standard InChI is InChI=1S/C15H13FN2O/c16-13-5-2-11(3-6-13)12-4-7-14(17-10-12)15(19)18-8-1-9-18/h2-7,10H,1,8-9H2. The van der Waals surface area contributed by atoms with Crippen LogP contribution in [-0.2, 0) is 0 Å². The molecule has 0 bridgehead atoms. The van der Waals surface area contributed by atoms with Crippen molar-refractivity contribution in [3.63, 3.8) is 0 Å². The third kappa shape index (κ3) is 2.34. The minimum Gasteiger partial charge on any atom is -0.337 e. The summed E-state index contributed by atoms with van der Waals surface area (Å²) in [7, 11) is 0. The van der Waals surface area contributed by atoms with E-state index in [0.717, 1.165) is 30.6 Å². The minimum absolute atomic E-state index is 0.0168. The first-order valence-corrected chi connectivity index (χ1v) is 6.25. The molecule has 0 unspecified atom stereocenters. The molecule has 0 spiro atoms. The van der Waals surface area contributed by atoms with Gasteiger partial charge in [-0.25, -0.2) is 4.39 Å². The molecule has 2 aromatic rings. The highest BCUT2D eigenvalue weighted by Crippen LogP contribution is 2.19. The number of carbonyl (C=O) groups excluding carboxylic acids is 1. The second-order valence-electron chi connectivity index (χ2n) is 4.58. The average Bonchev–Trinajstić information content (AvgIpc) is 2.38. The van der Waals surface area contributed by atoms with Crippen LogP contribution in [0.25, 0.3) is 11.1 Å². The number of benzene rings is 1. The Labute approximate surface area is 110 Å². The molecule has 3 nitrogen and oxygen atoms in total. The fourth-order valence-corrected chi connectivity index (χ4v) is 2.01. The number of amides is 1. The molecule has 0 saturated carbocycles. The van der Waals surface area contributed by atoms with E-state index in [4.69, 9.17) is 0 Å². The van der Waals surface area contributed by atoms with Crippen molar-refractivity contribution >= 4 is 5.91 Å². The summed E-state index contributed by atoms with van der Waals surface area (Å²) >= 11 is 0. The molecule has 0 N–H and O–H groups in total. The summed E-state index contributed by atoms with van der Waals surface area (Å²) in [6.07, 6.45) is 2.72. The Morgan fingerprint density at radius 2 is 1.74 bits per heavy atom. The average molecular weight is 256 g/mol. The van der Waals surface area contributed by atoms with E-state index in [1.54, 1.807) is 29.3 Å². The molecule has 1 aliphatic heterocycles. The van der Waals surface area contributed by atoms with Gasteiger partial charge in [-0.05, 0) is 30.2 Å². The number of carbonyl (C=O) groups is 1. The van der Waals surface area contributed by atoms with Crippen molar-refractivity contribution in [2.45, 2.75) is 6.42 Å². The van der Waals surface area contributed by atoms with E-state index in [2.05, 4.69) is 4.98 Å². The number of rotatable bonds is 2. The third-order valence-corrected chi connectivity index (χ3v) is 3.30. The van der Waals surface area contributed by atoms with Gasteiger partial charge in [-0.3, -0.25) is 9.78 Å². The number of nitrogens with zero attached hydrogens (tertiary/aromatic N) is 2. The van der Waals surface area contributed by atoms with E-state index in [0.29, 0.717) is 5.69 Å². The molecule has 0 aliphatic carbocycles. The normalized spacial score (nSPS) is 14.1. The second-order valence-corrected chi connectivity index (χ2v) is 4.58. The van der Waals surface area contributed by atoms with Gasteiger partial charge in [-0.1, -0.05) is 18.2 Å². The Hall–Kier alpha value is -2.23. The van der Waals surface area contributed by atoms with Crippen LogP contribution >= 0.6 is 0 Å². The van der Waals surface area contributed by atoms with E-state index in [1.165, 1.54) is 12.1 Å². The lowest BCUT2D eigenvalue weighted by Gasteiger charge is -2.30. The summed E-state index contributed by atoms with van der Waals surface area (Å²) in [6.45, 7) is 1.64. The highest BCUT2D eigenvalue weighted by molar-refractivity contribution is 5.93. The van der Waals surface area contributed by atoms with Crippen LogP contribution in [0.4, 0.5) is 4.39 Å². The van der Waals surface area contributed by atoms with Gasteiger partial charge in [0.1, 0.15) is 11.5 Å². The first kappa shape index (κ1) is 11.8. The molecular weight excluding hydrogens is 243 g/mol. The fraction of sp³-hybridized carbons (Fsp3) is 0.200. The summed E-state index contributed by atoms with van der Waals surface area (Å²) in [5.41, 5.74) is 2.22. The Kier molecular flexibility index (Phi) is 2.99. The Morgan fingerprint density at radius 1 is 1.05 bits per heavy atom. The van der Waals surface area contributed by atoms with Crippen LogP contribution in [0.15, 0.2) is 42.6 Å². The molecule has 19 heavy (non-hydrogen) atoms. The first-order chi connectivity index (χ1) is 9.24. The maximum absolute atomic E-state index is 12.8. The zero-order valence-electron chi connectivity index (χ0n) is 10.3. The highest BCUT2D eigenvalue weighted by Gasteiger charge is 2.22. The molecule has 96 valence electrons. The van der Waals surface area contributed by atoms with Crippen LogP contribution in [0.2, 0.25) is 0 Å². The quantitative estimate of drug-likeness (QED) is 0.827. The monoisotopic (exact) mass is 256 g/mol. The maximum atomic E-state index is 12.8. The number of aromatic nitrogens is 1. The molecule has 1 aromatic carbocycles. The third-order valence-electron chi connectivity index (χ3n) is 3.30. The highest BCUT2D eigenvalue weighted by atomic mass is 19.1. The Morgan fingerprint density at radius 3 is 2.26 bits per heavy atom. The molecule has 0 radical (unpaired) electrons. The van der Waals surface area contributed by atoms with Gasteiger partial charge in [0.15, 0.2) is 0 Å². The Bertz CT molecular complexity index is 589. The van der Waals surface area contributed by atoms with Crippen LogP contribution < -0.4 is 0 Å². The molecule has 3 rings (SSSR count). The predicted octanol–water partition coefficient (Wildman–Crippen LogP) is 2.73. The fourth-order valence-electron chi connectivity index (χ4n) is 2.01. The van der Waals surface area contributed by atoms with Crippen molar-refractivity contribution in [1.82, 2.24) is 9.88 Å². The van der Waals surface area contributed by atoms with Crippen LogP contribution in [0.1, 0.15) is 16.9 Å². The molecule has 2 heterocycles. The van der Waals surface area contributed by atoms with Gasteiger partial charge in [0.25, 0.3) is 5.91 Å². The van der Waals surface area contributed by atoms with Gasteiger partial charge in [-0.15, -0.1) is 0 Å². The Balaban J connectivity index is 1.82. The molecule has 1 amide bonds. The van der Waals surface area contributed by atoms with Gasteiger partial charge >= 0.3 is 0 Å². The van der Waals surface area contributed by atoms with Crippen LogP contribution in [-0.4, -0.2) is 28.9 Å². The zero-order chi connectivity index (χ0) is 13.2. The maximum Gasteiger partial charge on any atom is 0.272 e. The smallest absolute Gasteiger partial charge is 0.272 e. The van der Waals surface area contributed by atoms with Crippen LogP contribution in [0.5, 0.6) is 0 Å². The van der Waals surface area contributed by atoms with Gasteiger partial charge in [0, 0.05) is 24.8 Å². The molecule has 1 aliphatic rings. The lowest BCUT2D eigenvalue weighted by atomic mass is 10.1. The summed E-state index contributed by atoms with van der Waals surface area (Å²) in [4.78, 5) is 17.9. The summed E-state index contributed by atoms with van der Waals surface area (Å²) in [5, 5.41) is 0. The van der Waals surface area contributed by atoms with E-state index >= 15 is 0 Å². The minimum atomic E-state index is -0.263. The number of likely N-dealkylation sites (tertiary alicyclic amines) is 1. The van der Waals surface area contributed by atoms with Crippen LogP contribution in [0, 0.1) is 5.82 Å². The zero-order valence-corrected chi connectivity index (χ0v) is 10.3. The lowest BCUT2D eigenvalue weighted by molar-refractivity contribution is 0.0645. The van der Waals surface area contributed by atoms with Gasteiger partial charge in [-0.2, -0.15) is 0 Å². The number of pyridine rings is 1. The molecule has 4 heteroatoms. The van der Waals surface area contributed by atoms with E-state index in [9.17, 15) is 9.18 Å². The van der Waals surface area contributed by atoms with Crippen molar-refractivity contribution in [3.05, 3.63) is 54.1 Å². The molecule has 0 atom stereocenters. The largest absolute Gasteiger partial charge is 0.337 e. The summed E-state index contributed by atoms with van der Waals surface area (Å²) in [6, 6.07) is 9.78. The summed E-state index contributed by atoms with van der Waals surface area (Å²) < 4.78 is 12.8. The van der Waals surface area contributed by atoms with Crippen molar-refractivity contribution in [2.24, 2.45) is 0 Å². The van der Waals surface area contributed by atoms with E-state index in [1.807, 2.05) is 6.07 Å². The summed E-state index contributed by atoms with van der Waals surface area (Å²) in [5.74, 6) is -0.279. The molecule has 1 fully saturated rings. The molecule has 1 saturated heterocycles. The number of hydrogen-bond donors (Lipinski definition) is 0. The van der Waals surface area contributed by atoms with Gasteiger partial charge in [0.05, 0.1) is 0 Å². The van der Waals surface area contributed by atoms with Crippen molar-refractivity contribution in [3.8, 4) is 11.1 Å². The molecule has 1 aromatic heterocycles. The van der Waals surface area contributed by atoms with Gasteiger partial charge in [0.2, 0.25) is 0 Å². The van der Waals surface area contributed by atoms with Crippen molar-refractivity contribution in [1.29, 1.82) is 0 Å². The predicted molar refractivity (Wildman–Crippen MR) is 70.2 cm³/mol. The SMILES string of the molecule is O=C(c1ccc(-c2ccc(F)cc2)cn1)N1CCC1. The number of hydrogen-bond acceptors (Lipinski definition) is 2. The second kappa shape index (κ2) is 4.80. The van der Waals surface area contributed by atoms with Crippen LogP contribution in [0.3, 0.4) is 0 Å². The first-order valence-electron chi connectivity index (χ1n) is 6.25. The number of halogens is 1. The molecular formula is C15H13FN2O. The lowest BCUT2D eigenvalue weighted by Crippen LogP contribution is -2.42. The van der Waals surface area contributed by atoms with Crippen molar-refractivity contribution < 1.29 is 9.18 Å².